The predicted octanol–water partition coefficient (Wildman–Crippen LogP) is 4.03. The Morgan fingerprint density at radius 3 is 2.93 bits per heavy atom. The first-order chi connectivity index (χ1) is 13.0. The molecular formula is C21H22FN3OS. The van der Waals surface area contributed by atoms with Crippen LogP contribution in [0.5, 0.6) is 0 Å². The Bertz CT molecular complexity index is 907. The zero-order chi connectivity index (χ0) is 19.4. The van der Waals surface area contributed by atoms with Gasteiger partial charge in [-0.15, -0.1) is 0 Å². The van der Waals surface area contributed by atoms with Gasteiger partial charge >= 0.3 is 0 Å². The number of halogens is 1. The Morgan fingerprint density at radius 2 is 2.22 bits per heavy atom. The van der Waals surface area contributed by atoms with Crippen LogP contribution in [0.4, 0.5) is 4.39 Å². The molecule has 0 unspecified atom stereocenters. The van der Waals surface area contributed by atoms with Crippen LogP contribution in [0.25, 0.3) is 0 Å². The summed E-state index contributed by atoms with van der Waals surface area (Å²) in [5.74, 6) is -0.138. The molecule has 0 bridgehead atoms. The topological polar surface area (TPSA) is 57.0 Å². The highest BCUT2D eigenvalue weighted by molar-refractivity contribution is 8.00. The number of rotatable bonds is 6. The van der Waals surface area contributed by atoms with Crippen LogP contribution >= 0.6 is 11.8 Å². The van der Waals surface area contributed by atoms with E-state index in [4.69, 9.17) is 0 Å². The number of carbonyl (C=O) groups excluding carboxylic acids is 1. The number of thioether (sulfide) groups is 1. The van der Waals surface area contributed by atoms with Gasteiger partial charge in [0.2, 0.25) is 5.91 Å². The Balaban J connectivity index is 1.71. The van der Waals surface area contributed by atoms with Crippen molar-refractivity contribution in [3.05, 3.63) is 58.0 Å². The van der Waals surface area contributed by atoms with E-state index in [1.54, 1.807) is 11.0 Å². The van der Waals surface area contributed by atoms with Crippen molar-refractivity contribution in [3.63, 3.8) is 0 Å². The number of carbonyl (C=O) groups is 1. The molecule has 1 aliphatic carbocycles. The van der Waals surface area contributed by atoms with E-state index in [2.05, 4.69) is 11.1 Å². The van der Waals surface area contributed by atoms with Crippen molar-refractivity contribution in [2.75, 3.05) is 12.3 Å². The van der Waals surface area contributed by atoms with Crippen molar-refractivity contribution in [1.29, 1.82) is 5.26 Å². The summed E-state index contributed by atoms with van der Waals surface area (Å²) in [6, 6.07) is 8.55. The maximum absolute atomic E-state index is 13.4. The molecule has 0 saturated heterocycles. The molecule has 0 spiro atoms. The number of hydrogen-bond acceptors (Lipinski definition) is 4. The fourth-order valence-electron chi connectivity index (χ4n) is 3.43. The molecule has 1 aromatic heterocycles. The first-order valence-corrected chi connectivity index (χ1v) is 10.1. The molecule has 0 atom stereocenters. The van der Waals surface area contributed by atoms with Crippen molar-refractivity contribution in [2.45, 2.75) is 44.7 Å². The fraction of sp³-hybridized carbons (Fsp3) is 0.381. The van der Waals surface area contributed by atoms with Crippen molar-refractivity contribution in [3.8, 4) is 6.07 Å². The summed E-state index contributed by atoms with van der Waals surface area (Å²) < 4.78 is 13.4. The Morgan fingerprint density at radius 1 is 1.41 bits per heavy atom. The van der Waals surface area contributed by atoms with Crippen LogP contribution in [-0.4, -0.2) is 28.1 Å². The highest BCUT2D eigenvalue weighted by Gasteiger charge is 2.22. The zero-order valence-corrected chi connectivity index (χ0v) is 16.4. The summed E-state index contributed by atoms with van der Waals surface area (Å²) in [5.41, 5.74) is 4.61. The number of fused-ring (bicyclic) bond motifs is 1. The van der Waals surface area contributed by atoms with E-state index in [-0.39, 0.29) is 17.5 Å². The van der Waals surface area contributed by atoms with Gasteiger partial charge in [-0.3, -0.25) is 4.79 Å². The van der Waals surface area contributed by atoms with Crippen LogP contribution < -0.4 is 0 Å². The van der Waals surface area contributed by atoms with Crippen molar-refractivity contribution in [2.24, 2.45) is 0 Å². The molecule has 1 aromatic carbocycles. The second-order valence-corrected chi connectivity index (χ2v) is 7.60. The van der Waals surface area contributed by atoms with E-state index < -0.39 is 0 Å². The quantitative estimate of drug-likeness (QED) is 0.707. The average Bonchev–Trinajstić information content (AvgIpc) is 3.13. The van der Waals surface area contributed by atoms with E-state index in [1.165, 1.54) is 29.5 Å². The Kier molecular flexibility index (Phi) is 6.12. The second kappa shape index (κ2) is 8.53. The minimum atomic E-state index is -0.304. The number of hydrogen-bond donors (Lipinski definition) is 0. The third-order valence-electron chi connectivity index (χ3n) is 4.91. The summed E-state index contributed by atoms with van der Waals surface area (Å²) >= 11 is 1.32. The number of amides is 1. The third kappa shape index (κ3) is 4.30. The molecule has 0 fully saturated rings. The number of aryl methyl sites for hydroxylation is 1. The summed E-state index contributed by atoms with van der Waals surface area (Å²) in [7, 11) is 0. The highest BCUT2D eigenvalue weighted by Crippen LogP contribution is 2.31. The molecule has 1 heterocycles. The first-order valence-electron chi connectivity index (χ1n) is 9.11. The summed E-state index contributed by atoms with van der Waals surface area (Å²) in [6.07, 6.45) is 2.98. The standard InChI is InChI=1S/C21H22FN3OS/c1-3-25(12-15-6-4-7-16(22)10-15)20(26)13-27-21-18(11-23)14(2)17-8-5-9-19(17)24-21/h4,6-7,10H,3,5,8-9,12-13H2,1-2H3. The van der Waals surface area contributed by atoms with Crippen LogP contribution in [0.2, 0.25) is 0 Å². The molecule has 2 aromatic rings. The SMILES string of the molecule is CCN(Cc1cccc(F)c1)C(=O)CSc1nc2c(c(C)c1C#N)CCC2. The number of nitrogens with zero attached hydrogens (tertiary/aromatic N) is 3. The van der Waals surface area contributed by atoms with Crippen LogP contribution in [-0.2, 0) is 24.2 Å². The van der Waals surface area contributed by atoms with Crippen molar-refractivity contribution >= 4 is 17.7 Å². The number of benzene rings is 1. The monoisotopic (exact) mass is 383 g/mol. The molecule has 6 heteroatoms. The van der Waals surface area contributed by atoms with Gasteiger partial charge < -0.3 is 4.90 Å². The maximum atomic E-state index is 13.4. The lowest BCUT2D eigenvalue weighted by Gasteiger charge is -2.21. The average molecular weight is 383 g/mol. The second-order valence-electron chi connectivity index (χ2n) is 6.63. The largest absolute Gasteiger partial charge is 0.338 e. The predicted molar refractivity (Wildman–Crippen MR) is 104 cm³/mol. The normalized spacial score (nSPS) is 12.5. The van der Waals surface area contributed by atoms with E-state index in [1.807, 2.05) is 19.9 Å². The van der Waals surface area contributed by atoms with Crippen LogP contribution in [0.1, 0.15) is 41.3 Å². The molecule has 27 heavy (non-hydrogen) atoms. The van der Waals surface area contributed by atoms with E-state index in [0.29, 0.717) is 23.7 Å². The molecule has 0 N–H and O–H groups in total. The van der Waals surface area contributed by atoms with Crippen LogP contribution in [0, 0.1) is 24.1 Å². The maximum Gasteiger partial charge on any atom is 0.233 e. The van der Waals surface area contributed by atoms with Crippen LogP contribution in [0.15, 0.2) is 29.3 Å². The fourth-order valence-corrected chi connectivity index (χ4v) is 4.39. The van der Waals surface area contributed by atoms with Crippen LogP contribution in [0.3, 0.4) is 0 Å². The van der Waals surface area contributed by atoms with E-state index in [9.17, 15) is 14.4 Å². The third-order valence-corrected chi connectivity index (χ3v) is 5.87. The summed E-state index contributed by atoms with van der Waals surface area (Å²) in [6.45, 7) is 4.78. The number of nitriles is 1. The molecule has 4 nitrogen and oxygen atoms in total. The molecule has 0 saturated carbocycles. The Hall–Kier alpha value is -2.39. The first kappa shape index (κ1) is 19.4. The van der Waals surface area contributed by atoms with Gasteiger partial charge in [-0.2, -0.15) is 5.26 Å². The lowest BCUT2D eigenvalue weighted by atomic mass is 10.0. The lowest BCUT2D eigenvalue weighted by molar-refractivity contribution is -0.128. The van der Waals surface area contributed by atoms with Gasteiger partial charge in [0.15, 0.2) is 0 Å². The van der Waals surface area contributed by atoms with Gasteiger partial charge in [-0.1, -0.05) is 23.9 Å². The number of pyridine rings is 1. The van der Waals surface area contributed by atoms with E-state index in [0.717, 1.165) is 36.1 Å². The molecule has 0 aliphatic heterocycles. The van der Waals surface area contributed by atoms with Gasteiger partial charge in [-0.25, -0.2) is 9.37 Å². The van der Waals surface area contributed by atoms with Gasteiger partial charge in [-0.05, 0) is 61.9 Å². The zero-order valence-electron chi connectivity index (χ0n) is 15.6. The lowest BCUT2D eigenvalue weighted by Crippen LogP contribution is -2.31. The minimum absolute atomic E-state index is 0.0457. The summed E-state index contributed by atoms with van der Waals surface area (Å²) in [5, 5.41) is 10.2. The molecule has 1 amide bonds. The smallest absolute Gasteiger partial charge is 0.233 e. The molecule has 0 radical (unpaired) electrons. The minimum Gasteiger partial charge on any atom is -0.338 e. The molecular weight excluding hydrogens is 361 g/mol. The molecule has 140 valence electrons. The Labute approximate surface area is 163 Å². The van der Waals surface area contributed by atoms with Gasteiger partial charge in [0.05, 0.1) is 11.3 Å². The van der Waals surface area contributed by atoms with Gasteiger partial charge in [0.1, 0.15) is 16.9 Å². The molecule has 3 rings (SSSR count). The van der Waals surface area contributed by atoms with Gasteiger partial charge in [0.25, 0.3) is 0 Å². The van der Waals surface area contributed by atoms with Crippen molar-refractivity contribution in [1.82, 2.24) is 9.88 Å². The highest BCUT2D eigenvalue weighted by atomic mass is 32.2. The van der Waals surface area contributed by atoms with Crippen molar-refractivity contribution < 1.29 is 9.18 Å². The number of aromatic nitrogens is 1. The van der Waals surface area contributed by atoms with E-state index >= 15 is 0 Å². The summed E-state index contributed by atoms with van der Waals surface area (Å²) in [4.78, 5) is 19.0. The molecule has 1 aliphatic rings. The van der Waals surface area contributed by atoms with Gasteiger partial charge in [0, 0.05) is 18.8 Å².